The third-order valence-corrected chi connectivity index (χ3v) is 9.10. The van der Waals surface area contributed by atoms with Crippen LogP contribution >= 0.6 is 0 Å². The van der Waals surface area contributed by atoms with Crippen molar-refractivity contribution in [3.63, 3.8) is 0 Å². The molecular weight excluding hydrogens is 482 g/mol. The molecule has 0 saturated heterocycles. The van der Waals surface area contributed by atoms with Gasteiger partial charge in [0.1, 0.15) is 11.4 Å². The van der Waals surface area contributed by atoms with Crippen LogP contribution in [0.15, 0.2) is 34.1 Å². The Balaban J connectivity index is 2.33. The molecule has 1 heterocycles. The van der Waals surface area contributed by atoms with E-state index in [0.717, 1.165) is 11.8 Å². The number of rotatable bonds is 6. The summed E-state index contributed by atoms with van der Waals surface area (Å²) < 4.78 is 101. The number of fused-ring (bicyclic) bond motifs is 3. The highest BCUT2D eigenvalue weighted by Crippen LogP contribution is 2.45. The van der Waals surface area contributed by atoms with Crippen molar-refractivity contribution in [1.82, 2.24) is 0 Å². The monoisotopic (exact) mass is 506 g/mol. The lowest BCUT2D eigenvalue weighted by Gasteiger charge is -2.18. The maximum atomic E-state index is 12.0. The molecule has 0 bridgehead atoms. The Bertz CT molecular complexity index is 1490. The van der Waals surface area contributed by atoms with Crippen molar-refractivity contribution in [2.75, 3.05) is 6.54 Å². The molecule has 1 unspecified atom stereocenters. The second-order valence-electron chi connectivity index (χ2n) is 8.40. The van der Waals surface area contributed by atoms with E-state index in [1.165, 1.54) is 13.0 Å². The predicted molar refractivity (Wildman–Crippen MR) is 118 cm³/mol. The van der Waals surface area contributed by atoms with Crippen LogP contribution in [0.25, 0.3) is 10.8 Å². The molecule has 1 atom stereocenters. The summed E-state index contributed by atoms with van der Waals surface area (Å²) in [5.41, 5.74) is 1.21. The zero-order chi connectivity index (χ0) is 24.4. The lowest BCUT2D eigenvalue weighted by molar-refractivity contribution is -0.439. The van der Waals surface area contributed by atoms with E-state index in [4.69, 9.17) is 0 Å². The van der Waals surface area contributed by atoms with Crippen LogP contribution in [-0.4, -0.2) is 61.0 Å². The number of hydrogen-bond acceptors (Lipinski definition) is 6. The predicted octanol–water partition coefficient (Wildman–Crippen LogP) is 2.40. The van der Waals surface area contributed by atoms with Crippen molar-refractivity contribution in [1.29, 1.82) is 0 Å². The van der Waals surface area contributed by atoms with Crippen LogP contribution in [0.5, 0.6) is 0 Å². The Hall–Kier alpha value is -1.90. The zero-order valence-electron chi connectivity index (χ0n) is 17.8. The highest BCUT2D eigenvalue weighted by atomic mass is 32.2. The summed E-state index contributed by atoms with van der Waals surface area (Å²) >= 11 is 0. The molecule has 1 aliphatic heterocycles. The summed E-state index contributed by atoms with van der Waals surface area (Å²) in [6.45, 7) is 7.07. The molecular formula is C19H24NO9S3+. The van der Waals surface area contributed by atoms with E-state index >= 15 is 0 Å². The minimum absolute atomic E-state index is 0.0766. The Morgan fingerprint density at radius 3 is 2.03 bits per heavy atom. The lowest BCUT2D eigenvalue weighted by Crippen LogP contribution is -2.28. The van der Waals surface area contributed by atoms with Gasteiger partial charge in [-0.3, -0.25) is 13.7 Å². The Kier molecular flexibility index (Phi) is 5.85. The fourth-order valence-corrected chi connectivity index (χ4v) is 5.80. The molecule has 13 heteroatoms. The molecule has 3 rings (SSSR count). The van der Waals surface area contributed by atoms with Gasteiger partial charge in [-0.2, -0.15) is 29.8 Å². The highest BCUT2D eigenvalue weighted by Gasteiger charge is 2.45. The smallest absolute Gasteiger partial charge is 0.285 e. The molecule has 2 aromatic rings. The minimum Gasteiger partial charge on any atom is -0.285 e. The average Bonchev–Trinajstić information content (AvgIpc) is 2.82. The largest absolute Gasteiger partial charge is 0.295 e. The summed E-state index contributed by atoms with van der Waals surface area (Å²) in [5, 5.41) is -0.729. The highest BCUT2D eigenvalue weighted by molar-refractivity contribution is 7.87. The van der Waals surface area contributed by atoms with Gasteiger partial charge in [0.15, 0.2) is 5.71 Å². The normalized spacial score (nSPS) is 17.6. The van der Waals surface area contributed by atoms with Crippen LogP contribution in [0.2, 0.25) is 0 Å². The van der Waals surface area contributed by atoms with Gasteiger partial charge in [-0.1, -0.05) is 0 Å². The number of benzene rings is 2. The zero-order valence-corrected chi connectivity index (χ0v) is 20.2. The molecule has 0 saturated carbocycles. The van der Waals surface area contributed by atoms with Crippen molar-refractivity contribution in [3.05, 3.63) is 29.8 Å². The van der Waals surface area contributed by atoms with Crippen LogP contribution in [0, 0.1) is 0 Å². The lowest BCUT2D eigenvalue weighted by atomic mass is 9.80. The van der Waals surface area contributed by atoms with E-state index in [0.29, 0.717) is 17.3 Å². The molecule has 32 heavy (non-hydrogen) atoms. The molecule has 10 nitrogen and oxygen atoms in total. The Morgan fingerprint density at radius 2 is 1.53 bits per heavy atom. The minimum atomic E-state index is -4.82. The van der Waals surface area contributed by atoms with Gasteiger partial charge < -0.3 is 0 Å². The van der Waals surface area contributed by atoms with Crippen LogP contribution in [0.3, 0.4) is 0 Å². The third-order valence-electron chi connectivity index (χ3n) is 6.12. The summed E-state index contributed by atoms with van der Waals surface area (Å²) in [6, 6.07) is 4.87. The van der Waals surface area contributed by atoms with Gasteiger partial charge in [0.25, 0.3) is 30.4 Å². The van der Waals surface area contributed by atoms with Gasteiger partial charge in [0, 0.05) is 30.4 Å². The van der Waals surface area contributed by atoms with Crippen LogP contribution in [0.1, 0.15) is 39.7 Å². The van der Waals surface area contributed by atoms with Crippen LogP contribution in [0.4, 0.5) is 5.69 Å². The second kappa shape index (κ2) is 7.57. The van der Waals surface area contributed by atoms with E-state index in [1.54, 1.807) is 13.0 Å². The molecule has 0 spiro atoms. The van der Waals surface area contributed by atoms with Gasteiger partial charge in [-0.05, 0) is 44.4 Å². The average molecular weight is 507 g/mol. The van der Waals surface area contributed by atoms with Crippen molar-refractivity contribution >= 4 is 52.5 Å². The first-order valence-corrected chi connectivity index (χ1v) is 13.9. The van der Waals surface area contributed by atoms with Crippen molar-refractivity contribution in [2.45, 2.75) is 54.6 Å². The van der Waals surface area contributed by atoms with Crippen molar-refractivity contribution in [3.8, 4) is 0 Å². The van der Waals surface area contributed by atoms with E-state index in [-0.39, 0.29) is 23.7 Å². The SMILES string of the molecule is CC1=[N+](CCC(C)S(=O)(=O)O)c2ccc3c(S(=O)(=O)O)cc(S(=O)(=O)O)cc3c2C1(C)C. The number of hydrogen-bond donors (Lipinski definition) is 3. The van der Waals surface area contributed by atoms with Gasteiger partial charge in [-0.15, -0.1) is 0 Å². The van der Waals surface area contributed by atoms with E-state index in [2.05, 4.69) is 0 Å². The van der Waals surface area contributed by atoms with Crippen LogP contribution in [-0.2, 0) is 35.8 Å². The fraction of sp³-hybridized carbons (Fsp3) is 0.421. The molecule has 1 aliphatic rings. The molecule has 0 aromatic heterocycles. The standard InChI is InChI=1S/C19H23NO9S3/c1-11(30(21,22)23)7-8-20-12(2)19(3,4)18-15-9-13(31(24,25)26)10-17(32(27,28)29)14(15)5-6-16(18)20/h5-6,9-11H,7-8H2,1-4H3,(H2-,21,22,23,24,25,26,27,28,29)/p+1. The van der Waals surface area contributed by atoms with Gasteiger partial charge in [0.2, 0.25) is 5.69 Å². The summed E-state index contributed by atoms with van der Waals surface area (Å²) in [6.07, 6.45) is 0.102. The quantitative estimate of drug-likeness (QED) is 0.394. The molecule has 3 N–H and O–H groups in total. The summed E-state index contributed by atoms with van der Waals surface area (Å²) in [5.74, 6) is 0. The maximum Gasteiger partial charge on any atom is 0.295 e. The third kappa shape index (κ3) is 4.20. The van der Waals surface area contributed by atoms with Crippen molar-refractivity contribution in [2.24, 2.45) is 0 Å². The number of nitrogens with zero attached hydrogens (tertiary/aromatic N) is 1. The van der Waals surface area contributed by atoms with E-state index < -0.39 is 50.8 Å². The topological polar surface area (TPSA) is 166 Å². The molecule has 0 amide bonds. The van der Waals surface area contributed by atoms with Crippen molar-refractivity contribution < 1.29 is 43.5 Å². The first-order valence-electron chi connectivity index (χ1n) is 9.51. The summed E-state index contributed by atoms with van der Waals surface area (Å²) in [4.78, 5) is -1.34. The van der Waals surface area contributed by atoms with Gasteiger partial charge in [0.05, 0.1) is 15.6 Å². The fourth-order valence-electron chi connectivity index (χ4n) is 4.05. The second-order valence-corrected chi connectivity index (χ2v) is 13.0. The molecule has 2 aromatic carbocycles. The Labute approximate surface area is 186 Å². The van der Waals surface area contributed by atoms with Gasteiger partial charge in [-0.25, -0.2) is 0 Å². The molecule has 0 fully saturated rings. The maximum absolute atomic E-state index is 12.0. The van der Waals surface area contributed by atoms with Crippen LogP contribution < -0.4 is 0 Å². The molecule has 0 radical (unpaired) electrons. The Morgan fingerprint density at radius 1 is 0.938 bits per heavy atom. The molecule has 176 valence electrons. The van der Waals surface area contributed by atoms with E-state index in [9.17, 15) is 38.9 Å². The molecule has 0 aliphatic carbocycles. The summed E-state index contributed by atoms with van der Waals surface area (Å²) in [7, 11) is -13.8. The van der Waals surface area contributed by atoms with E-state index in [1.807, 2.05) is 18.4 Å². The van der Waals surface area contributed by atoms with Gasteiger partial charge >= 0.3 is 0 Å². The first kappa shape index (κ1) is 24.7. The first-order chi connectivity index (χ1) is 14.4.